The fourth-order valence-corrected chi connectivity index (χ4v) is 5.06. The average Bonchev–Trinajstić information content (AvgIpc) is 2.89. The van der Waals surface area contributed by atoms with E-state index in [1.165, 1.54) is 12.5 Å². The van der Waals surface area contributed by atoms with Crippen LogP contribution in [0.15, 0.2) is 83.3 Å². The van der Waals surface area contributed by atoms with Gasteiger partial charge in [-0.15, -0.1) is 0 Å². The van der Waals surface area contributed by atoms with Gasteiger partial charge >= 0.3 is 0 Å². The molecule has 1 aliphatic rings. The fraction of sp³-hybridized carbons (Fsp3) is 0.333. The van der Waals surface area contributed by atoms with Crippen LogP contribution in [0.4, 0.5) is 4.39 Å². The van der Waals surface area contributed by atoms with Gasteiger partial charge in [0.2, 0.25) is 11.8 Å². The van der Waals surface area contributed by atoms with Crippen molar-refractivity contribution in [2.45, 2.75) is 63.6 Å². The number of nitrogens with zero attached hydrogens (tertiary/aromatic N) is 1. The van der Waals surface area contributed by atoms with Crippen molar-refractivity contribution >= 4 is 27.7 Å². The van der Waals surface area contributed by atoms with Crippen LogP contribution in [0.1, 0.15) is 48.8 Å². The molecule has 0 saturated heterocycles. The Labute approximate surface area is 221 Å². The molecule has 3 aromatic carbocycles. The molecule has 0 aliphatic heterocycles. The van der Waals surface area contributed by atoms with Gasteiger partial charge in [-0.2, -0.15) is 0 Å². The van der Waals surface area contributed by atoms with Gasteiger partial charge in [0.15, 0.2) is 0 Å². The molecule has 3 aromatic rings. The van der Waals surface area contributed by atoms with E-state index in [2.05, 4.69) is 21.2 Å². The largest absolute Gasteiger partial charge is 0.352 e. The van der Waals surface area contributed by atoms with Crippen LogP contribution in [0.25, 0.3) is 0 Å². The molecule has 0 aromatic heterocycles. The summed E-state index contributed by atoms with van der Waals surface area (Å²) in [6.07, 6.45) is 5.59. The lowest BCUT2D eigenvalue weighted by atomic mass is 9.94. The van der Waals surface area contributed by atoms with Gasteiger partial charge in [0, 0.05) is 23.5 Å². The molecule has 6 heteroatoms. The molecule has 0 radical (unpaired) electrons. The molecule has 0 spiro atoms. The first-order valence-electron chi connectivity index (χ1n) is 12.6. The second-order valence-corrected chi connectivity index (χ2v) is 10.4. The van der Waals surface area contributed by atoms with Crippen molar-refractivity contribution in [1.82, 2.24) is 10.2 Å². The summed E-state index contributed by atoms with van der Waals surface area (Å²) >= 11 is 3.46. The van der Waals surface area contributed by atoms with Crippen molar-refractivity contribution in [2.75, 3.05) is 0 Å². The van der Waals surface area contributed by atoms with Gasteiger partial charge in [-0.25, -0.2) is 4.39 Å². The van der Waals surface area contributed by atoms with E-state index in [4.69, 9.17) is 0 Å². The standard InChI is InChI=1S/C30H32BrFN2O2/c31-25-17-15-23(16-18-25)21-34(29(35)20-24-11-7-8-14-27(24)32)28(19-22-9-3-1-4-10-22)30(36)33-26-12-5-2-6-13-26/h1,3-4,7-11,14-18,26,28H,2,5-6,12-13,19-21H2,(H,33,36)/t28-/m1/s1. The van der Waals surface area contributed by atoms with Gasteiger partial charge in [0.05, 0.1) is 6.42 Å². The third-order valence-electron chi connectivity index (χ3n) is 6.79. The Morgan fingerprint density at radius 2 is 1.56 bits per heavy atom. The molecule has 2 amide bonds. The van der Waals surface area contributed by atoms with Crippen molar-refractivity contribution in [2.24, 2.45) is 0 Å². The maximum Gasteiger partial charge on any atom is 0.243 e. The van der Waals surface area contributed by atoms with E-state index in [1.54, 1.807) is 23.1 Å². The zero-order valence-corrected chi connectivity index (χ0v) is 21.9. The van der Waals surface area contributed by atoms with Crippen LogP contribution in [0, 0.1) is 5.82 Å². The lowest BCUT2D eigenvalue weighted by molar-refractivity contribution is -0.141. The van der Waals surface area contributed by atoms with Crippen LogP contribution in [-0.4, -0.2) is 28.8 Å². The van der Waals surface area contributed by atoms with Crippen molar-refractivity contribution < 1.29 is 14.0 Å². The van der Waals surface area contributed by atoms with Crippen molar-refractivity contribution in [3.05, 3.63) is 106 Å². The number of hydrogen-bond acceptors (Lipinski definition) is 2. The van der Waals surface area contributed by atoms with E-state index >= 15 is 0 Å². The minimum atomic E-state index is -0.711. The van der Waals surface area contributed by atoms with E-state index in [0.717, 1.165) is 41.3 Å². The Balaban J connectivity index is 1.65. The number of carbonyl (C=O) groups excluding carboxylic acids is 2. The summed E-state index contributed by atoms with van der Waals surface area (Å²) in [7, 11) is 0. The topological polar surface area (TPSA) is 49.4 Å². The highest BCUT2D eigenvalue weighted by Gasteiger charge is 2.32. The smallest absolute Gasteiger partial charge is 0.243 e. The maximum atomic E-state index is 14.4. The Hall–Kier alpha value is -2.99. The summed E-state index contributed by atoms with van der Waals surface area (Å²) in [5.74, 6) is -0.840. The van der Waals surface area contributed by atoms with E-state index in [-0.39, 0.29) is 30.8 Å². The van der Waals surface area contributed by atoms with Gasteiger partial charge in [0.25, 0.3) is 0 Å². The molecule has 188 valence electrons. The molecule has 1 saturated carbocycles. The first-order chi connectivity index (χ1) is 17.5. The summed E-state index contributed by atoms with van der Waals surface area (Å²) in [6.45, 7) is 0.260. The molecule has 0 bridgehead atoms. The van der Waals surface area contributed by atoms with Crippen LogP contribution in [0.3, 0.4) is 0 Å². The Kier molecular flexibility index (Phi) is 9.29. The van der Waals surface area contributed by atoms with Crippen LogP contribution in [0.2, 0.25) is 0 Å². The second-order valence-electron chi connectivity index (χ2n) is 9.47. The van der Waals surface area contributed by atoms with Crippen molar-refractivity contribution in [3.8, 4) is 0 Å². The highest BCUT2D eigenvalue weighted by atomic mass is 79.9. The Morgan fingerprint density at radius 1 is 0.889 bits per heavy atom. The van der Waals surface area contributed by atoms with Crippen LogP contribution >= 0.6 is 15.9 Å². The van der Waals surface area contributed by atoms with Gasteiger partial charge in [-0.1, -0.05) is 95.9 Å². The minimum Gasteiger partial charge on any atom is -0.352 e. The lowest BCUT2D eigenvalue weighted by Gasteiger charge is -2.33. The normalized spacial score (nSPS) is 14.7. The van der Waals surface area contributed by atoms with E-state index in [0.29, 0.717) is 12.0 Å². The van der Waals surface area contributed by atoms with E-state index in [9.17, 15) is 14.0 Å². The number of benzene rings is 3. The van der Waals surface area contributed by atoms with Gasteiger partial charge in [-0.3, -0.25) is 9.59 Å². The third-order valence-corrected chi connectivity index (χ3v) is 7.32. The summed E-state index contributed by atoms with van der Waals surface area (Å²) in [6, 6.07) is 23.2. The number of carbonyl (C=O) groups is 2. The molecular formula is C30H32BrFN2O2. The molecule has 1 aliphatic carbocycles. The first-order valence-corrected chi connectivity index (χ1v) is 13.4. The maximum absolute atomic E-state index is 14.4. The van der Waals surface area contributed by atoms with E-state index in [1.807, 2.05) is 54.6 Å². The quantitative estimate of drug-likeness (QED) is 0.343. The summed E-state index contributed by atoms with van der Waals surface area (Å²) in [4.78, 5) is 29.1. The number of nitrogens with one attached hydrogen (secondary N) is 1. The first kappa shape index (κ1) is 26.1. The number of halogens is 2. The average molecular weight is 552 g/mol. The summed E-state index contributed by atoms with van der Waals surface area (Å²) in [5.41, 5.74) is 2.21. The molecular weight excluding hydrogens is 519 g/mol. The van der Waals surface area contributed by atoms with Gasteiger partial charge in [0.1, 0.15) is 11.9 Å². The Bertz CT molecular complexity index is 1150. The van der Waals surface area contributed by atoms with Gasteiger partial charge in [-0.05, 0) is 47.7 Å². The van der Waals surface area contributed by atoms with Crippen molar-refractivity contribution in [3.63, 3.8) is 0 Å². The highest BCUT2D eigenvalue weighted by molar-refractivity contribution is 9.10. The number of hydrogen-bond donors (Lipinski definition) is 1. The second kappa shape index (κ2) is 12.8. The van der Waals surface area contributed by atoms with Crippen LogP contribution < -0.4 is 5.32 Å². The third kappa shape index (κ3) is 7.26. The zero-order valence-electron chi connectivity index (χ0n) is 20.3. The van der Waals surface area contributed by atoms with Gasteiger partial charge < -0.3 is 10.2 Å². The molecule has 1 atom stereocenters. The number of amides is 2. The molecule has 36 heavy (non-hydrogen) atoms. The monoisotopic (exact) mass is 550 g/mol. The Morgan fingerprint density at radius 3 is 2.25 bits per heavy atom. The molecule has 4 nitrogen and oxygen atoms in total. The predicted molar refractivity (Wildman–Crippen MR) is 144 cm³/mol. The number of rotatable bonds is 9. The molecule has 0 unspecified atom stereocenters. The zero-order chi connectivity index (χ0) is 25.3. The highest BCUT2D eigenvalue weighted by Crippen LogP contribution is 2.21. The molecule has 0 heterocycles. The van der Waals surface area contributed by atoms with Crippen LogP contribution in [0.5, 0.6) is 0 Å². The molecule has 1 fully saturated rings. The molecule has 1 N–H and O–H groups in total. The van der Waals surface area contributed by atoms with Crippen molar-refractivity contribution in [1.29, 1.82) is 0 Å². The lowest BCUT2D eigenvalue weighted by Crippen LogP contribution is -2.53. The predicted octanol–water partition coefficient (Wildman–Crippen LogP) is 6.22. The summed E-state index contributed by atoms with van der Waals surface area (Å²) in [5, 5.41) is 3.23. The minimum absolute atomic E-state index is 0.106. The van der Waals surface area contributed by atoms with E-state index < -0.39 is 11.9 Å². The molecule has 4 rings (SSSR count). The summed E-state index contributed by atoms with van der Waals surface area (Å²) < 4.78 is 15.4. The SMILES string of the molecule is O=C(NC1CCCCC1)[C@@H](Cc1ccccc1)N(Cc1ccc(Br)cc1)C(=O)Cc1ccccc1F. The van der Waals surface area contributed by atoms with Crippen LogP contribution in [-0.2, 0) is 29.0 Å². The fourth-order valence-electron chi connectivity index (χ4n) is 4.79.